The molecule has 8 heteroatoms. The van der Waals surface area contributed by atoms with E-state index in [0.717, 1.165) is 0 Å². The maximum Gasteiger partial charge on any atom is 0.224 e. The van der Waals surface area contributed by atoms with E-state index in [1.165, 1.54) is 12.1 Å². The highest BCUT2D eigenvalue weighted by Crippen LogP contribution is 2.52. The number of amides is 1. The van der Waals surface area contributed by atoms with E-state index in [4.69, 9.17) is 16.3 Å². The van der Waals surface area contributed by atoms with Crippen LogP contribution in [0.25, 0.3) is 0 Å². The highest BCUT2D eigenvalue weighted by molar-refractivity contribution is 6.30. The summed E-state index contributed by atoms with van der Waals surface area (Å²) in [5.41, 5.74) is -1.49. The average Bonchev–Trinajstić information content (AvgIpc) is 3.09. The van der Waals surface area contributed by atoms with E-state index >= 15 is 0 Å². The van der Waals surface area contributed by atoms with Crippen LogP contribution in [0.1, 0.15) is 46.3 Å². The monoisotopic (exact) mass is 428 g/mol. The molecule has 29 heavy (non-hydrogen) atoms. The molecule has 162 valence electrons. The van der Waals surface area contributed by atoms with Crippen molar-refractivity contribution in [1.29, 1.82) is 0 Å². The molecule has 1 saturated carbocycles. The molecule has 2 aliphatic rings. The number of halogens is 2. The van der Waals surface area contributed by atoms with Crippen molar-refractivity contribution < 1.29 is 24.1 Å². The summed E-state index contributed by atoms with van der Waals surface area (Å²) < 4.78 is 19.8. The van der Waals surface area contributed by atoms with Gasteiger partial charge in [0.1, 0.15) is 11.9 Å². The minimum absolute atomic E-state index is 0.0485. The number of rotatable bonds is 6. The summed E-state index contributed by atoms with van der Waals surface area (Å²) >= 11 is 5.81. The molecule has 2 fully saturated rings. The number of aliphatic hydroxyl groups excluding tert-OH is 2. The minimum Gasteiger partial charge on any atom is -0.386 e. The minimum atomic E-state index is -1.25. The maximum atomic E-state index is 14.3. The first kappa shape index (κ1) is 22.4. The third-order valence-electron chi connectivity index (χ3n) is 5.70. The molecule has 0 radical (unpaired) electrons. The Morgan fingerprint density at radius 1 is 1.24 bits per heavy atom. The van der Waals surface area contributed by atoms with Crippen LogP contribution < -0.4 is 5.32 Å². The van der Waals surface area contributed by atoms with E-state index in [1.807, 2.05) is 25.7 Å². The fraction of sp³-hybridized carbons (Fsp3) is 0.667. The molecule has 5 atom stereocenters. The van der Waals surface area contributed by atoms with Crippen molar-refractivity contribution in [3.05, 3.63) is 34.6 Å². The Kier molecular flexibility index (Phi) is 6.02. The molecular formula is C21H30ClFN2O4. The predicted molar refractivity (Wildman–Crippen MR) is 107 cm³/mol. The van der Waals surface area contributed by atoms with Gasteiger partial charge in [-0.25, -0.2) is 4.39 Å². The van der Waals surface area contributed by atoms with Gasteiger partial charge < -0.3 is 20.3 Å². The molecule has 1 saturated heterocycles. The van der Waals surface area contributed by atoms with Crippen LogP contribution in [0.3, 0.4) is 0 Å². The summed E-state index contributed by atoms with van der Waals surface area (Å²) in [7, 11) is 0. The Morgan fingerprint density at radius 3 is 2.38 bits per heavy atom. The van der Waals surface area contributed by atoms with E-state index in [1.54, 1.807) is 19.9 Å². The summed E-state index contributed by atoms with van der Waals surface area (Å²) in [5.74, 6) is -0.745. The van der Waals surface area contributed by atoms with Gasteiger partial charge in [-0.15, -0.1) is 0 Å². The van der Waals surface area contributed by atoms with Crippen molar-refractivity contribution in [1.82, 2.24) is 10.2 Å². The highest BCUT2D eigenvalue weighted by atomic mass is 35.5. The molecular weight excluding hydrogens is 399 g/mol. The number of ether oxygens (including phenoxy) is 1. The van der Waals surface area contributed by atoms with Gasteiger partial charge in [0.25, 0.3) is 0 Å². The van der Waals surface area contributed by atoms with Crippen molar-refractivity contribution in [2.24, 2.45) is 17.8 Å². The maximum absolute atomic E-state index is 14.3. The number of fused-ring (bicyclic) bond motifs is 1. The number of carbonyl (C=O) groups is 1. The molecule has 1 amide bonds. The number of benzene rings is 1. The topological polar surface area (TPSA) is 82.0 Å². The fourth-order valence-corrected chi connectivity index (χ4v) is 4.29. The van der Waals surface area contributed by atoms with Gasteiger partial charge >= 0.3 is 0 Å². The van der Waals surface area contributed by atoms with Crippen molar-refractivity contribution in [2.45, 2.75) is 58.3 Å². The third-order valence-corrected chi connectivity index (χ3v) is 5.99. The van der Waals surface area contributed by atoms with Crippen molar-refractivity contribution in [3.8, 4) is 0 Å². The third kappa shape index (κ3) is 4.75. The van der Waals surface area contributed by atoms with Crippen LogP contribution >= 0.6 is 11.6 Å². The quantitative estimate of drug-likeness (QED) is 0.607. The molecule has 2 unspecified atom stereocenters. The normalized spacial score (nSPS) is 26.7. The molecule has 6 nitrogen and oxygen atoms in total. The SMILES string of the molecule is CC(C)(C)OC(O)N1C[C@@H]2[C@H](C1)[C@H]2C(=O)NC(C)(C)C(O)c1cccc(Cl)c1F. The second-order valence-corrected chi connectivity index (χ2v) is 10.0. The van der Waals surface area contributed by atoms with Gasteiger partial charge in [0, 0.05) is 24.6 Å². The van der Waals surface area contributed by atoms with Gasteiger partial charge in [-0.3, -0.25) is 9.69 Å². The Morgan fingerprint density at radius 2 is 1.83 bits per heavy atom. The lowest BCUT2D eigenvalue weighted by Crippen LogP contribution is -2.50. The lowest BCUT2D eigenvalue weighted by atomic mass is 9.90. The molecule has 1 aromatic rings. The van der Waals surface area contributed by atoms with Gasteiger partial charge in [-0.05, 0) is 52.5 Å². The highest BCUT2D eigenvalue weighted by Gasteiger charge is 2.60. The number of piperidine rings is 1. The van der Waals surface area contributed by atoms with Gasteiger partial charge in [0.15, 0.2) is 0 Å². The predicted octanol–water partition coefficient (Wildman–Crippen LogP) is 2.68. The first-order valence-corrected chi connectivity index (χ1v) is 10.2. The lowest BCUT2D eigenvalue weighted by Gasteiger charge is -2.33. The average molecular weight is 429 g/mol. The van der Waals surface area contributed by atoms with Crippen LogP contribution in [0.4, 0.5) is 4.39 Å². The summed E-state index contributed by atoms with van der Waals surface area (Å²) in [4.78, 5) is 14.6. The summed E-state index contributed by atoms with van der Waals surface area (Å²) in [6.45, 7) is 10.1. The van der Waals surface area contributed by atoms with Crippen LogP contribution in [-0.2, 0) is 9.53 Å². The van der Waals surface area contributed by atoms with Crippen LogP contribution in [0, 0.1) is 23.6 Å². The van der Waals surface area contributed by atoms with Crippen LogP contribution in [0.2, 0.25) is 5.02 Å². The molecule has 1 heterocycles. The first-order valence-electron chi connectivity index (χ1n) is 9.86. The largest absolute Gasteiger partial charge is 0.386 e. The zero-order chi connectivity index (χ0) is 21.7. The molecule has 1 aliphatic heterocycles. The van der Waals surface area contributed by atoms with Gasteiger partial charge in [0.05, 0.1) is 16.2 Å². The van der Waals surface area contributed by atoms with E-state index in [0.29, 0.717) is 13.1 Å². The molecule has 0 bridgehead atoms. The fourth-order valence-electron chi connectivity index (χ4n) is 4.11. The van der Waals surface area contributed by atoms with Crippen LogP contribution in [0.5, 0.6) is 0 Å². The van der Waals surface area contributed by atoms with Crippen molar-refractivity contribution in [3.63, 3.8) is 0 Å². The molecule has 1 aliphatic carbocycles. The number of carbonyl (C=O) groups excluding carboxylic acids is 1. The Balaban J connectivity index is 1.57. The van der Waals surface area contributed by atoms with Gasteiger partial charge in [0.2, 0.25) is 12.3 Å². The van der Waals surface area contributed by atoms with E-state index in [2.05, 4.69) is 5.32 Å². The van der Waals surface area contributed by atoms with Crippen LogP contribution in [-0.4, -0.2) is 51.7 Å². The number of hydrogen-bond acceptors (Lipinski definition) is 5. The molecule has 0 aromatic heterocycles. The molecule has 3 N–H and O–H groups in total. The number of nitrogens with one attached hydrogen (secondary N) is 1. The number of hydrogen-bond donors (Lipinski definition) is 3. The molecule has 3 rings (SSSR count). The summed E-state index contributed by atoms with van der Waals surface area (Å²) in [6, 6.07) is 4.43. The second kappa shape index (κ2) is 7.78. The van der Waals surface area contributed by atoms with Crippen LogP contribution in [0.15, 0.2) is 18.2 Å². The number of aliphatic hydroxyl groups is 2. The molecule has 1 aromatic carbocycles. The Labute approximate surface area is 176 Å². The van der Waals surface area contributed by atoms with E-state index in [9.17, 15) is 19.4 Å². The zero-order valence-electron chi connectivity index (χ0n) is 17.4. The standard InChI is InChI=1S/C21H30ClFN2O4/c1-20(2,3)29-19(28)25-9-12-13(10-25)15(12)18(27)24-21(4,5)17(26)11-7-6-8-14(22)16(11)23/h6-8,12-13,15,17,19,26,28H,9-10H2,1-5H3,(H,24,27)/t12-,13+,15+,17?,19?. The number of nitrogens with zero attached hydrogens (tertiary/aromatic N) is 1. The first-order chi connectivity index (χ1) is 13.3. The lowest BCUT2D eigenvalue weighted by molar-refractivity contribution is -0.236. The zero-order valence-corrected chi connectivity index (χ0v) is 18.2. The Hall–Kier alpha value is -1.25. The van der Waals surface area contributed by atoms with Gasteiger partial charge in [-0.1, -0.05) is 23.7 Å². The second-order valence-electron chi connectivity index (χ2n) is 9.62. The van der Waals surface area contributed by atoms with Crippen molar-refractivity contribution >= 4 is 17.5 Å². The van der Waals surface area contributed by atoms with E-state index < -0.39 is 29.5 Å². The smallest absolute Gasteiger partial charge is 0.224 e. The summed E-state index contributed by atoms with van der Waals surface area (Å²) in [6.07, 6.45) is -2.24. The van der Waals surface area contributed by atoms with E-state index in [-0.39, 0.29) is 34.2 Å². The summed E-state index contributed by atoms with van der Waals surface area (Å²) in [5, 5.41) is 23.7. The number of likely N-dealkylation sites (tertiary alicyclic amines) is 1. The molecule has 0 spiro atoms. The van der Waals surface area contributed by atoms with Crippen molar-refractivity contribution in [2.75, 3.05) is 13.1 Å². The Bertz CT molecular complexity index is 770. The van der Waals surface area contributed by atoms with Gasteiger partial charge in [-0.2, -0.15) is 0 Å².